The monoisotopic (exact) mass is 394 g/mol. The third-order valence-corrected chi connectivity index (χ3v) is 5.51. The van der Waals surface area contributed by atoms with Gasteiger partial charge >= 0.3 is 0 Å². The number of anilines is 1. The van der Waals surface area contributed by atoms with E-state index in [-0.39, 0.29) is 17.6 Å². The summed E-state index contributed by atoms with van der Waals surface area (Å²) in [4.78, 5) is 26.6. The van der Waals surface area contributed by atoms with E-state index in [1.807, 2.05) is 50.2 Å². The normalized spacial score (nSPS) is 17.0. The summed E-state index contributed by atoms with van der Waals surface area (Å²) in [7, 11) is 1.67. The molecule has 1 fully saturated rings. The average molecular weight is 395 g/mol. The zero-order valence-electron chi connectivity index (χ0n) is 17.7. The first-order chi connectivity index (χ1) is 13.9. The predicted molar refractivity (Wildman–Crippen MR) is 116 cm³/mol. The number of nitrogens with zero attached hydrogens (tertiary/aromatic N) is 1. The summed E-state index contributed by atoms with van der Waals surface area (Å²) in [6.07, 6.45) is 1.95. The van der Waals surface area contributed by atoms with Crippen molar-refractivity contribution in [3.05, 3.63) is 58.7 Å². The molecule has 3 rings (SSSR count). The number of carbonyl (C=O) groups excluding carboxylic acids is 2. The lowest BCUT2D eigenvalue weighted by Crippen LogP contribution is -2.38. The van der Waals surface area contributed by atoms with E-state index < -0.39 is 0 Å². The van der Waals surface area contributed by atoms with Gasteiger partial charge in [0.15, 0.2) is 5.78 Å². The number of methoxy groups -OCH3 is 1. The molecular formula is C24H30N2O3. The molecule has 5 nitrogen and oxygen atoms in total. The second-order valence-electron chi connectivity index (χ2n) is 7.96. The van der Waals surface area contributed by atoms with Gasteiger partial charge in [0.1, 0.15) is 5.75 Å². The van der Waals surface area contributed by atoms with Gasteiger partial charge in [0.2, 0.25) is 5.91 Å². The third kappa shape index (κ3) is 5.24. The van der Waals surface area contributed by atoms with Crippen LogP contribution >= 0.6 is 0 Å². The molecule has 1 saturated heterocycles. The minimum absolute atomic E-state index is 0.0228. The Morgan fingerprint density at radius 3 is 2.38 bits per heavy atom. The molecule has 29 heavy (non-hydrogen) atoms. The summed E-state index contributed by atoms with van der Waals surface area (Å²) in [5, 5.41) is 2.79. The number of benzene rings is 2. The van der Waals surface area contributed by atoms with Gasteiger partial charge < -0.3 is 10.1 Å². The molecule has 1 heterocycles. The second kappa shape index (κ2) is 9.23. The van der Waals surface area contributed by atoms with Gasteiger partial charge in [0, 0.05) is 37.2 Å². The second-order valence-corrected chi connectivity index (χ2v) is 7.96. The first kappa shape index (κ1) is 21.1. The lowest BCUT2D eigenvalue weighted by molar-refractivity contribution is -0.114. The van der Waals surface area contributed by atoms with E-state index in [0.717, 1.165) is 60.6 Å². The average Bonchev–Trinajstić information content (AvgIpc) is 2.68. The number of rotatable bonds is 6. The van der Waals surface area contributed by atoms with Crippen LogP contribution < -0.4 is 10.1 Å². The molecule has 1 N–H and O–H groups in total. The number of ketones is 1. The van der Waals surface area contributed by atoms with Crippen LogP contribution in [0.3, 0.4) is 0 Å². The fourth-order valence-electron chi connectivity index (χ4n) is 4.22. The van der Waals surface area contributed by atoms with Crippen LogP contribution in [0.2, 0.25) is 0 Å². The highest BCUT2D eigenvalue weighted by Crippen LogP contribution is 2.28. The summed E-state index contributed by atoms with van der Waals surface area (Å²) < 4.78 is 5.43. The van der Waals surface area contributed by atoms with Gasteiger partial charge in [0.05, 0.1) is 7.11 Å². The van der Waals surface area contributed by atoms with Gasteiger partial charge in [-0.15, -0.1) is 0 Å². The number of hydrogen-bond acceptors (Lipinski definition) is 4. The molecule has 1 amide bonds. The van der Waals surface area contributed by atoms with Crippen LogP contribution in [0.25, 0.3) is 0 Å². The minimum Gasteiger partial charge on any atom is -0.496 e. The van der Waals surface area contributed by atoms with Crippen LogP contribution in [0.1, 0.15) is 46.8 Å². The maximum Gasteiger partial charge on any atom is 0.221 e. The van der Waals surface area contributed by atoms with E-state index in [9.17, 15) is 9.59 Å². The fraction of sp³-hybridized carbons (Fsp3) is 0.417. The highest BCUT2D eigenvalue weighted by atomic mass is 16.5. The van der Waals surface area contributed by atoms with Gasteiger partial charge in [0.25, 0.3) is 0 Å². The summed E-state index contributed by atoms with van der Waals surface area (Å²) in [6.45, 7) is 8.06. The van der Waals surface area contributed by atoms with Crippen molar-refractivity contribution < 1.29 is 14.3 Å². The molecular weight excluding hydrogens is 364 g/mol. The molecule has 1 atom stereocenters. The number of likely N-dealkylation sites (tertiary alicyclic amines) is 1. The molecule has 0 aromatic heterocycles. The van der Waals surface area contributed by atoms with Crippen LogP contribution in [0.15, 0.2) is 36.4 Å². The van der Waals surface area contributed by atoms with Crippen molar-refractivity contribution in [2.75, 3.05) is 25.5 Å². The zero-order valence-corrected chi connectivity index (χ0v) is 17.7. The van der Waals surface area contributed by atoms with Crippen molar-refractivity contribution in [1.29, 1.82) is 0 Å². The number of ether oxygens (including phenoxy) is 1. The van der Waals surface area contributed by atoms with Crippen molar-refractivity contribution in [3.63, 3.8) is 0 Å². The Hall–Kier alpha value is -2.66. The van der Waals surface area contributed by atoms with Gasteiger partial charge in [-0.1, -0.05) is 12.1 Å². The molecule has 0 bridgehead atoms. The molecule has 1 aliphatic rings. The predicted octanol–water partition coefficient (Wildman–Crippen LogP) is 4.37. The quantitative estimate of drug-likeness (QED) is 0.740. The maximum atomic E-state index is 13.1. The SMILES string of the molecule is COc1c(C)cc(C(=O)C2CCCN(Cc3ccc(NC(C)=O)cc3)C2)cc1C. The summed E-state index contributed by atoms with van der Waals surface area (Å²) in [5.41, 5.74) is 4.78. The van der Waals surface area contributed by atoms with Crippen LogP contribution in [-0.4, -0.2) is 36.8 Å². The van der Waals surface area contributed by atoms with E-state index in [0.29, 0.717) is 0 Å². The number of Topliss-reactive ketones (excluding diaryl/α,β-unsaturated/α-hetero) is 1. The first-order valence-corrected chi connectivity index (χ1v) is 10.2. The molecule has 2 aromatic carbocycles. The lowest BCUT2D eigenvalue weighted by atomic mass is 9.88. The van der Waals surface area contributed by atoms with Crippen LogP contribution in [0.5, 0.6) is 5.75 Å². The van der Waals surface area contributed by atoms with E-state index >= 15 is 0 Å². The molecule has 1 unspecified atom stereocenters. The van der Waals surface area contributed by atoms with E-state index in [4.69, 9.17) is 4.74 Å². The summed E-state index contributed by atoms with van der Waals surface area (Å²) in [6, 6.07) is 11.8. The molecule has 154 valence electrons. The zero-order chi connectivity index (χ0) is 21.0. The number of nitrogens with one attached hydrogen (secondary N) is 1. The summed E-state index contributed by atoms with van der Waals surface area (Å²) >= 11 is 0. The van der Waals surface area contributed by atoms with Crippen molar-refractivity contribution >= 4 is 17.4 Å². The standard InChI is InChI=1S/C24H30N2O3/c1-16-12-21(13-17(2)24(16)29-4)23(28)20-6-5-11-26(15-20)14-19-7-9-22(10-8-19)25-18(3)27/h7-10,12-13,20H,5-6,11,14-15H2,1-4H3,(H,25,27). The van der Waals surface area contributed by atoms with Crippen molar-refractivity contribution in [1.82, 2.24) is 4.90 Å². The first-order valence-electron chi connectivity index (χ1n) is 10.2. The molecule has 0 spiro atoms. The van der Waals surface area contributed by atoms with Crippen molar-refractivity contribution in [3.8, 4) is 5.75 Å². The highest BCUT2D eigenvalue weighted by molar-refractivity contribution is 5.98. The molecule has 0 radical (unpaired) electrons. The molecule has 2 aromatic rings. The Kier molecular flexibility index (Phi) is 6.70. The number of aryl methyl sites for hydroxylation is 2. The largest absolute Gasteiger partial charge is 0.496 e. The van der Waals surface area contributed by atoms with Crippen LogP contribution in [-0.2, 0) is 11.3 Å². The van der Waals surface area contributed by atoms with Gasteiger partial charge in [-0.25, -0.2) is 0 Å². The molecule has 0 aliphatic carbocycles. The summed E-state index contributed by atoms with van der Waals surface area (Å²) in [5.74, 6) is 1.04. The Morgan fingerprint density at radius 1 is 1.14 bits per heavy atom. The topological polar surface area (TPSA) is 58.6 Å². The van der Waals surface area contributed by atoms with Crippen LogP contribution in [0, 0.1) is 19.8 Å². The Bertz CT molecular complexity index is 866. The number of carbonyl (C=O) groups is 2. The molecule has 1 aliphatic heterocycles. The number of piperidine rings is 1. The fourth-order valence-corrected chi connectivity index (χ4v) is 4.22. The van der Waals surface area contributed by atoms with Gasteiger partial charge in [-0.05, 0) is 74.2 Å². The van der Waals surface area contributed by atoms with Gasteiger partial charge in [-0.3, -0.25) is 14.5 Å². The molecule has 5 heteroatoms. The molecule has 0 saturated carbocycles. The Labute approximate surface area is 173 Å². The van der Waals surface area contributed by atoms with Gasteiger partial charge in [-0.2, -0.15) is 0 Å². The lowest BCUT2D eigenvalue weighted by Gasteiger charge is -2.32. The maximum absolute atomic E-state index is 13.1. The number of hydrogen-bond donors (Lipinski definition) is 1. The third-order valence-electron chi connectivity index (χ3n) is 5.51. The smallest absolute Gasteiger partial charge is 0.221 e. The van der Waals surface area contributed by atoms with Crippen LogP contribution in [0.4, 0.5) is 5.69 Å². The number of amides is 1. The van der Waals surface area contributed by atoms with E-state index in [2.05, 4.69) is 10.2 Å². The van der Waals surface area contributed by atoms with Crippen molar-refractivity contribution in [2.45, 2.75) is 40.2 Å². The Morgan fingerprint density at radius 2 is 1.79 bits per heavy atom. The highest BCUT2D eigenvalue weighted by Gasteiger charge is 2.27. The Balaban J connectivity index is 1.66. The van der Waals surface area contributed by atoms with Crippen molar-refractivity contribution in [2.24, 2.45) is 5.92 Å². The minimum atomic E-state index is -0.0702. The van der Waals surface area contributed by atoms with E-state index in [1.165, 1.54) is 12.5 Å². The van der Waals surface area contributed by atoms with E-state index in [1.54, 1.807) is 7.11 Å².